The van der Waals surface area contributed by atoms with Crippen molar-refractivity contribution in [2.24, 2.45) is 0 Å². The van der Waals surface area contributed by atoms with Gasteiger partial charge in [-0.25, -0.2) is 4.39 Å². The lowest BCUT2D eigenvalue weighted by molar-refractivity contribution is 0.0982. The Morgan fingerprint density at radius 1 is 1.25 bits per heavy atom. The van der Waals surface area contributed by atoms with Crippen molar-refractivity contribution in [2.75, 3.05) is 0 Å². The summed E-state index contributed by atoms with van der Waals surface area (Å²) in [5, 5.41) is 9.11. The minimum atomic E-state index is -0.411. The number of rotatable bonds is 4. The highest BCUT2D eigenvalue weighted by Crippen LogP contribution is 2.16. The Morgan fingerprint density at radius 2 is 2.05 bits per heavy atom. The highest BCUT2D eigenvalue weighted by molar-refractivity contribution is 6.30. The van der Waals surface area contributed by atoms with E-state index >= 15 is 0 Å². The molecule has 0 aromatic heterocycles. The van der Waals surface area contributed by atoms with Crippen molar-refractivity contribution in [1.29, 1.82) is 5.26 Å². The first-order valence-electron chi connectivity index (χ1n) is 6.07. The lowest BCUT2D eigenvalue weighted by Gasteiger charge is -2.03. The molecular formula is C16H11ClFNO. The van der Waals surface area contributed by atoms with Gasteiger partial charge in [0.15, 0.2) is 5.78 Å². The van der Waals surface area contributed by atoms with Crippen LogP contribution in [0.5, 0.6) is 0 Å². The Bertz CT molecular complexity index is 671. The van der Waals surface area contributed by atoms with Crippen molar-refractivity contribution in [3.8, 4) is 6.07 Å². The number of hydrogen-bond acceptors (Lipinski definition) is 2. The van der Waals surface area contributed by atoms with E-state index in [4.69, 9.17) is 16.9 Å². The number of benzene rings is 2. The second-order valence-electron chi connectivity index (χ2n) is 4.39. The molecule has 2 aromatic carbocycles. The number of halogens is 2. The van der Waals surface area contributed by atoms with Crippen LogP contribution in [0.15, 0.2) is 42.5 Å². The van der Waals surface area contributed by atoms with E-state index in [1.165, 1.54) is 12.1 Å². The summed E-state index contributed by atoms with van der Waals surface area (Å²) < 4.78 is 13.2. The first-order valence-corrected chi connectivity index (χ1v) is 6.44. The van der Waals surface area contributed by atoms with Crippen LogP contribution in [0.3, 0.4) is 0 Å². The van der Waals surface area contributed by atoms with Crippen LogP contribution in [0.2, 0.25) is 5.02 Å². The van der Waals surface area contributed by atoms with Crippen LogP contribution < -0.4 is 0 Å². The fourth-order valence-electron chi connectivity index (χ4n) is 1.92. The zero-order valence-electron chi connectivity index (χ0n) is 10.6. The third kappa shape index (κ3) is 3.66. The van der Waals surface area contributed by atoms with Crippen LogP contribution in [0.4, 0.5) is 4.39 Å². The number of carbonyl (C=O) groups excluding carboxylic acids is 1. The third-order valence-electron chi connectivity index (χ3n) is 2.88. The van der Waals surface area contributed by atoms with Crippen LogP contribution in [-0.2, 0) is 6.42 Å². The third-order valence-corrected chi connectivity index (χ3v) is 3.09. The Hall–Kier alpha value is -2.18. The van der Waals surface area contributed by atoms with Crippen LogP contribution in [-0.4, -0.2) is 5.78 Å². The van der Waals surface area contributed by atoms with Crippen molar-refractivity contribution >= 4 is 17.4 Å². The van der Waals surface area contributed by atoms with Crippen molar-refractivity contribution in [3.63, 3.8) is 0 Å². The Balaban J connectivity index is 2.06. The van der Waals surface area contributed by atoms with E-state index in [1.54, 1.807) is 30.3 Å². The van der Waals surface area contributed by atoms with Crippen LogP contribution in [0, 0.1) is 17.1 Å². The molecule has 2 rings (SSSR count). The van der Waals surface area contributed by atoms with E-state index in [2.05, 4.69) is 0 Å². The normalized spacial score (nSPS) is 10.1. The van der Waals surface area contributed by atoms with Gasteiger partial charge in [-0.3, -0.25) is 4.79 Å². The number of hydrogen-bond donors (Lipinski definition) is 0. The van der Waals surface area contributed by atoms with E-state index in [-0.39, 0.29) is 12.2 Å². The number of nitrogens with zero attached hydrogens (tertiary/aromatic N) is 1. The van der Waals surface area contributed by atoms with Crippen molar-refractivity contribution in [1.82, 2.24) is 0 Å². The van der Waals surface area contributed by atoms with Gasteiger partial charge in [0, 0.05) is 17.0 Å². The van der Waals surface area contributed by atoms with Gasteiger partial charge >= 0.3 is 0 Å². The molecule has 4 heteroatoms. The highest BCUT2D eigenvalue weighted by atomic mass is 35.5. The number of carbonyl (C=O) groups is 1. The molecule has 0 aliphatic carbocycles. The summed E-state index contributed by atoms with van der Waals surface area (Å²) >= 11 is 5.76. The average molecular weight is 288 g/mol. The van der Waals surface area contributed by atoms with Crippen molar-refractivity contribution in [3.05, 3.63) is 70.0 Å². The number of Topliss-reactive ketones (excluding diaryl/α,β-unsaturated/α-hetero) is 1. The zero-order chi connectivity index (χ0) is 14.5. The molecule has 0 unspecified atom stereocenters. The molecule has 0 heterocycles. The maximum Gasteiger partial charge on any atom is 0.163 e. The number of ketones is 1. The topological polar surface area (TPSA) is 40.9 Å². The monoisotopic (exact) mass is 287 g/mol. The van der Waals surface area contributed by atoms with Gasteiger partial charge in [0.05, 0.1) is 11.6 Å². The molecule has 0 bridgehead atoms. The molecule has 0 aliphatic heterocycles. The molecule has 100 valence electrons. The largest absolute Gasteiger partial charge is 0.294 e. The lowest BCUT2D eigenvalue weighted by atomic mass is 10.0. The fourth-order valence-corrected chi connectivity index (χ4v) is 2.16. The molecule has 0 aliphatic rings. The first-order chi connectivity index (χ1) is 9.58. The van der Waals surface area contributed by atoms with Gasteiger partial charge in [-0.1, -0.05) is 23.7 Å². The fraction of sp³-hybridized carbons (Fsp3) is 0.125. The van der Waals surface area contributed by atoms with E-state index in [0.717, 1.165) is 0 Å². The van der Waals surface area contributed by atoms with Gasteiger partial charge in [-0.15, -0.1) is 0 Å². The van der Waals surface area contributed by atoms with Crippen LogP contribution in [0.1, 0.15) is 27.9 Å². The van der Waals surface area contributed by atoms with E-state index in [0.29, 0.717) is 28.1 Å². The average Bonchev–Trinajstić information content (AvgIpc) is 2.44. The summed E-state index contributed by atoms with van der Waals surface area (Å²) in [4.78, 5) is 12.0. The minimum Gasteiger partial charge on any atom is -0.294 e. The van der Waals surface area contributed by atoms with Gasteiger partial charge in [-0.05, 0) is 42.3 Å². The van der Waals surface area contributed by atoms with E-state index < -0.39 is 5.82 Å². The standard InChI is InChI=1S/C16H11ClFNO/c17-14-7-11(8-15(18)9-14)4-5-16(20)13-3-1-2-12(6-13)10-19/h1-3,6-9H,4-5H2. The quantitative estimate of drug-likeness (QED) is 0.792. The summed E-state index contributed by atoms with van der Waals surface area (Å²) in [6, 6.07) is 12.8. The minimum absolute atomic E-state index is 0.0810. The summed E-state index contributed by atoms with van der Waals surface area (Å²) in [6.07, 6.45) is 0.655. The maximum atomic E-state index is 13.2. The van der Waals surface area contributed by atoms with Crippen molar-refractivity contribution < 1.29 is 9.18 Å². The van der Waals surface area contributed by atoms with Crippen LogP contribution >= 0.6 is 11.6 Å². The Kier molecular flexibility index (Phi) is 4.49. The molecule has 0 saturated heterocycles. The smallest absolute Gasteiger partial charge is 0.163 e. The molecule has 20 heavy (non-hydrogen) atoms. The lowest BCUT2D eigenvalue weighted by Crippen LogP contribution is -2.01. The Labute approximate surface area is 121 Å². The predicted octanol–water partition coefficient (Wildman–Crippen LogP) is 4.17. The summed E-state index contributed by atoms with van der Waals surface area (Å²) in [7, 11) is 0. The molecule has 0 fully saturated rings. The molecule has 0 amide bonds. The predicted molar refractivity (Wildman–Crippen MR) is 75.2 cm³/mol. The first kappa shape index (κ1) is 14.2. The summed E-state index contributed by atoms with van der Waals surface area (Å²) in [5.41, 5.74) is 1.62. The van der Waals surface area contributed by atoms with Gasteiger partial charge in [0.25, 0.3) is 0 Å². The second-order valence-corrected chi connectivity index (χ2v) is 4.83. The van der Waals surface area contributed by atoms with Gasteiger partial charge in [-0.2, -0.15) is 5.26 Å². The molecule has 0 spiro atoms. The van der Waals surface area contributed by atoms with Gasteiger partial charge in [0.1, 0.15) is 5.82 Å². The van der Waals surface area contributed by atoms with E-state index in [9.17, 15) is 9.18 Å². The summed E-state index contributed by atoms with van der Waals surface area (Å²) in [6.45, 7) is 0. The summed E-state index contributed by atoms with van der Waals surface area (Å²) in [5.74, 6) is -0.492. The van der Waals surface area contributed by atoms with Gasteiger partial charge < -0.3 is 0 Å². The van der Waals surface area contributed by atoms with Gasteiger partial charge in [0.2, 0.25) is 0 Å². The number of nitriles is 1. The molecule has 2 nitrogen and oxygen atoms in total. The molecular weight excluding hydrogens is 277 g/mol. The molecule has 0 N–H and O–H groups in total. The molecule has 0 atom stereocenters. The van der Waals surface area contributed by atoms with Crippen molar-refractivity contribution in [2.45, 2.75) is 12.8 Å². The highest BCUT2D eigenvalue weighted by Gasteiger charge is 2.08. The zero-order valence-corrected chi connectivity index (χ0v) is 11.3. The van der Waals surface area contributed by atoms with E-state index in [1.807, 2.05) is 6.07 Å². The molecule has 0 radical (unpaired) electrons. The number of aryl methyl sites for hydroxylation is 1. The SMILES string of the molecule is N#Cc1cccc(C(=O)CCc2cc(F)cc(Cl)c2)c1. The molecule has 2 aromatic rings. The van der Waals surface area contributed by atoms with Crippen LogP contribution in [0.25, 0.3) is 0 Å². The second kappa shape index (κ2) is 6.31. The maximum absolute atomic E-state index is 13.2. The Morgan fingerprint density at radius 3 is 2.75 bits per heavy atom. The molecule has 0 saturated carbocycles.